The van der Waals surface area contributed by atoms with Gasteiger partial charge in [-0.2, -0.15) is 0 Å². The van der Waals surface area contributed by atoms with Gasteiger partial charge in [0.15, 0.2) is 5.78 Å². The molecule has 0 radical (unpaired) electrons. The van der Waals surface area contributed by atoms with Gasteiger partial charge in [-0.1, -0.05) is 0 Å². The molecule has 1 aliphatic rings. The zero-order valence-corrected chi connectivity index (χ0v) is 10.9. The molecule has 1 fully saturated rings. The van der Waals surface area contributed by atoms with Gasteiger partial charge in [-0.25, -0.2) is 4.79 Å². The van der Waals surface area contributed by atoms with Crippen molar-refractivity contribution >= 4 is 17.5 Å². The molecule has 2 N–H and O–H groups in total. The number of nitrogens with zero attached hydrogens (tertiary/aromatic N) is 1. The van der Waals surface area contributed by atoms with Crippen LogP contribution in [-0.2, 0) is 0 Å². The van der Waals surface area contributed by atoms with Crippen LogP contribution < -0.4 is 5.32 Å². The number of hydrogen-bond acceptors (Lipinski definition) is 3. The van der Waals surface area contributed by atoms with Crippen molar-refractivity contribution in [2.24, 2.45) is 0 Å². The van der Waals surface area contributed by atoms with Gasteiger partial charge in [0.1, 0.15) is 0 Å². The van der Waals surface area contributed by atoms with Crippen LogP contribution in [0.1, 0.15) is 30.1 Å². The number of carbonyl (C=O) groups excluding carboxylic acids is 2. The maximum absolute atomic E-state index is 12.0. The highest BCUT2D eigenvalue weighted by atomic mass is 16.3. The van der Waals surface area contributed by atoms with E-state index in [0.717, 1.165) is 0 Å². The molecule has 1 aliphatic heterocycles. The fourth-order valence-electron chi connectivity index (χ4n) is 2.06. The number of rotatable bonds is 2. The van der Waals surface area contributed by atoms with Gasteiger partial charge < -0.3 is 15.3 Å². The van der Waals surface area contributed by atoms with Crippen molar-refractivity contribution in [2.75, 3.05) is 18.4 Å². The highest BCUT2D eigenvalue weighted by Crippen LogP contribution is 2.14. The summed E-state index contributed by atoms with van der Waals surface area (Å²) in [6, 6.07) is 6.65. The van der Waals surface area contributed by atoms with E-state index in [9.17, 15) is 14.7 Å². The van der Waals surface area contributed by atoms with Crippen LogP contribution in [0.15, 0.2) is 24.3 Å². The highest BCUT2D eigenvalue weighted by Gasteiger charge is 2.21. The SMILES string of the molecule is CC(=O)c1ccc(NC(=O)N2CCC(O)CC2)cc1. The van der Waals surface area contributed by atoms with Crippen LogP contribution in [0.3, 0.4) is 0 Å². The summed E-state index contributed by atoms with van der Waals surface area (Å²) in [6.07, 6.45) is 0.951. The van der Waals surface area contributed by atoms with Crippen molar-refractivity contribution in [3.05, 3.63) is 29.8 Å². The molecule has 2 amide bonds. The summed E-state index contributed by atoms with van der Waals surface area (Å²) in [5.41, 5.74) is 1.29. The van der Waals surface area contributed by atoms with Crippen molar-refractivity contribution in [2.45, 2.75) is 25.9 Å². The lowest BCUT2D eigenvalue weighted by atomic mass is 10.1. The fraction of sp³-hybridized carbons (Fsp3) is 0.429. The maximum atomic E-state index is 12.0. The Balaban J connectivity index is 1.93. The van der Waals surface area contributed by atoms with E-state index in [0.29, 0.717) is 37.2 Å². The molecule has 1 aromatic rings. The second-order valence-electron chi connectivity index (χ2n) is 4.78. The van der Waals surface area contributed by atoms with E-state index >= 15 is 0 Å². The van der Waals surface area contributed by atoms with E-state index < -0.39 is 0 Å². The molecule has 0 bridgehead atoms. The fourth-order valence-corrected chi connectivity index (χ4v) is 2.06. The number of amides is 2. The van der Waals surface area contributed by atoms with E-state index in [2.05, 4.69) is 5.32 Å². The first-order chi connectivity index (χ1) is 9.06. The summed E-state index contributed by atoms with van der Waals surface area (Å²) in [5.74, 6) is 0.00268. The largest absolute Gasteiger partial charge is 0.393 e. The number of hydrogen-bond donors (Lipinski definition) is 2. The maximum Gasteiger partial charge on any atom is 0.321 e. The molecule has 1 aromatic carbocycles. The number of ketones is 1. The minimum Gasteiger partial charge on any atom is -0.393 e. The van der Waals surface area contributed by atoms with E-state index in [1.807, 2.05) is 0 Å². The molecule has 0 aliphatic carbocycles. The lowest BCUT2D eigenvalue weighted by molar-refractivity contribution is 0.0971. The predicted molar refractivity (Wildman–Crippen MR) is 72.3 cm³/mol. The van der Waals surface area contributed by atoms with Gasteiger partial charge in [-0.15, -0.1) is 0 Å². The number of piperidine rings is 1. The monoisotopic (exact) mass is 262 g/mol. The van der Waals surface area contributed by atoms with Crippen LogP contribution in [0, 0.1) is 0 Å². The molecule has 19 heavy (non-hydrogen) atoms. The first kappa shape index (κ1) is 13.5. The molecule has 5 nitrogen and oxygen atoms in total. The molecule has 0 aromatic heterocycles. The molecule has 1 heterocycles. The van der Waals surface area contributed by atoms with Crippen LogP contribution in [0.2, 0.25) is 0 Å². The van der Waals surface area contributed by atoms with E-state index in [1.54, 1.807) is 29.2 Å². The topological polar surface area (TPSA) is 69.6 Å². The smallest absolute Gasteiger partial charge is 0.321 e. The van der Waals surface area contributed by atoms with E-state index in [1.165, 1.54) is 6.92 Å². The molecule has 0 saturated carbocycles. The molecule has 1 saturated heterocycles. The molecular weight excluding hydrogens is 244 g/mol. The minimum absolute atomic E-state index is 0.00268. The molecule has 0 unspecified atom stereocenters. The summed E-state index contributed by atoms with van der Waals surface area (Å²) in [4.78, 5) is 24.8. The number of anilines is 1. The van der Waals surface area contributed by atoms with Gasteiger partial charge in [0, 0.05) is 24.3 Å². The zero-order valence-electron chi connectivity index (χ0n) is 10.9. The predicted octanol–water partition coefficient (Wildman–Crippen LogP) is 1.88. The zero-order chi connectivity index (χ0) is 13.8. The summed E-state index contributed by atoms with van der Waals surface area (Å²) in [5, 5.41) is 12.2. The molecule has 5 heteroatoms. The normalized spacial score (nSPS) is 16.2. The minimum atomic E-state index is -0.293. The van der Waals surface area contributed by atoms with Gasteiger partial charge in [-0.3, -0.25) is 4.79 Å². The van der Waals surface area contributed by atoms with Crippen LogP contribution in [0.4, 0.5) is 10.5 Å². The first-order valence-corrected chi connectivity index (χ1v) is 6.41. The van der Waals surface area contributed by atoms with Crippen molar-refractivity contribution in [3.8, 4) is 0 Å². The van der Waals surface area contributed by atoms with Crippen LogP contribution in [-0.4, -0.2) is 41.0 Å². The van der Waals surface area contributed by atoms with Gasteiger partial charge in [0.25, 0.3) is 0 Å². The number of benzene rings is 1. The lowest BCUT2D eigenvalue weighted by Crippen LogP contribution is -2.42. The number of likely N-dealkylation sites (tertiary alicyclic amines) is 1. The summed E-state index contributed by atoms with van der Waals surface area (Å²) >= 11 is 0. The Hall–Kier alpha value is -1.88. The number of urea groups is 1. The van der Waals surface area contributed by atoms with E-state index in [-0.39, 0.29) is 17.9 Å². The van der Waals surface area contributed by atoms with Crippen LogP contribution >= 0.6 is 0 Å². The number of nitrogens with one attached hydrogen (secondary N) is 1. The molecule has 0 atom stereocenters. The number of aliphatic hydroxyl groups excluding tert-OH is 1. The van der Waals surface area contributed by atoms with Gasteiger partial charge in [0.2, 0.25) is 0 Å². The van der Waals surface area contributed by atoms with Crippen molar-refractivity contribution < 1.29 is 14.7 Å². The molecule has 0 spiro atoms. The summed E-state index contributed by atoms with van der Waals surface area (Å²) < 4.78 is 0. The third-order valence-corrected chi connectivity index (χ3v) is 3.29. The van der Waals surface area contributed by atoms with Gasteiger partial charge >= 0.3 is 6.03 Å². The average molecular weight is 262 g/mol. The Bertz CT molecular complexity index is 462. The van der Waals surface area contributed by atoms with Crippen LogP contribution in [0.5, 0.6) is 0 Å². The molecular formula is C14H18N2O3. The highest BCUT2D eigenvalue weighted by molar-refractivity contribution is 5.95. The Labute approximate surface area is 112 Å². The molecule has 102 valence electrons. The number of aliphatic hydroxyl groups is 1. The van der Waals surface area contributed by atoms with Crippen molar-refractivity contribution in [1.82, 2.24) is 4.90 Å². The first-order valence-electron chi connectivity index (χ1n) is 6.41. The Kier molecular flexibility index (Phi) is 4.16. The van der Waals surface area contributed by atoms with Gasteiger partial charge in [-0.05, 0) is 44.0 Å². The Morgan fingerprint density at radius 3 is 2.32 bits per heavy atom. The third-order valence-electron chi connectivity index (χ3n) is 3.29. The standard InChI is InChI=1S/C14H18N2O3/c1-10(17)11-2-4-12(5-3-11)15-14(19)16-8-6-13(18)7-9-16/h2-5,13,18H,6-9H2,1H3,(H,15,19). The van der Waals surface area contributed by atoms with Crippen LogP contribution in [0.25, 0.3) is 0 Å². The van der Waals surface area contributed by atoms with Gasteiger partial charge in [0.05, 0.1) is 6.10 Å². The Morgan fingerprint density at radius 2 is 1.79 bits per heavy atom. The Morgan fingerprint density at radius 1 is 1.21 bits per heavy atom. The van der Waals surface area contributed by atoms with Crippen molar-refractivity contribution in [3.63, 3.8) is 0 Å². The van der Waals surface area contributed by atoms with Crippen molar-refractivity contribution in [1.29, 1.82) is 0 Å². The number of carbonyl (C=O) groups is 2. The number of Topliss-reactive ketones (excluding diaryl/α,β-unsaturated/α-hetero) is 1. The summed E-state index contributed by atoms with van der Waals surface area (Å²) in [7, 11) is 0. The average Bonchev–Trinajstić information content (AvgIpc) is 2.40. The second-order valence-corrected chi connectivity index (χ2v) is 4.78. The summed E-state index contributed by atoms with van der Waals surface area (Å²) in [6.45, 7) is 2.64. The van der Waals surface area contributed by atoms with E-state index in [4.69, 9.17) is 0 Å². The molecule has 2 rings (SSSR count). The third kappa shape index (κ3) is 3.54. The quantitative estimate of drug-likeness (QED) is 0.799. The second kappa shape index (κ2) is 5.84. The lowest BCUT2D eigenvalue weighted by Gasteiger charge is -2.29.